The van der Waals surface area contributed by atoms with Crippen LogP contribution in [0.2, 0.25) is 0 Å². The number of fused-ring (bicyclic) bond motifs is 1. The van der Waals surface area contributed by atoms with Gasteiger partial charge in [0.15, 0.2) is 5.82 Å². The number of nitrogens with zero attached hydrogens (tertiary/aromatic N) is 5. The van der Waals surface area contributed by atoms with Gasteiger partial charge in [0.1, 0.15) is 4.83 Å². The molecule has 0 saturated carbocycles. The molecule has 2 N–H and O–H groups in total. The number of carbonyl (C=O) groups excluding carboxylic acids is 2. The normalized spacial score (nSPS) is 11.0. The number of hydrogen-bond acceptors (Lipinski definition) is 6. The average Bonchev–Trinajstić information content (AvgIpc) is 3.54. The molecule has 5 aromatic rings. The molecule has 33 heavy (non-hydrogen) atoms. The molecule has 164 valence electrons. The van der Waals surface area contributed by atoms with Crippen LogP contribution in [0.3, 0.4) is 0 Å². The third kappa shape index (κ3) is 3.87. The van der Waals surface area contributed by atoms with Gasteiger partial charge in [-0.15, -0.1) is 16.4 Å². The van der Waals surface area contributed by atoms with E-state index in [0.717, 1.165) is 27.2 Å². The van der Waals surface area contributed by atoms with Crippen molar-refractivity contribution in [2.45, 2.75) is 6.92 Å². The minimum absolute atomic E-state index is 0.0607. The highest BCUT2D eigenvalue weighted by Gasteiger charge is 2.20. The third-order valence-electron chi connectivity index (χ3n) is 5.05. The van der Waals surface area contributed by atoms with Gasteiger partial charge in [-0.2, -0.15) is 5.10 Å². The Morgan fingerprint density at radius 1 is 0.909 bits per heavy atom. The SMILES string of the molecule is Cc1nn(C)c2sc(C(=O)NNC(=O)c3nc(-c4ccccc4)n(-c4ccccc4)n3)cc12. The lowest BCUT2D eigenvalue weighted by atomic mass is 10.2. The lowest BCUT2D eigenvalue weighted by Gasteiger charge is -2.05. The van der Waals surface area contributed by atoms with E-state index in [4.69, 9.17) is 0 Å². The summed E-state index contributed by atoms with van der Waals surface area (Å²) in [5.41, 5.74) is 7.28. The molecule has 5 rings (SSSR count). The van der Waals surface area contributed by atoms with Crippen molar-refractivity contribution in [1.29, 1.82) is 0 Å². The van der Waals surface area contributed by atoms with Gasteiger partial charge in [-0.25, -0.2) is 9.67 Å². The summed E-state index contributed by atoms with van der Waals surface area (Å²) in [7, 11) is 1.83. The van der Waals surface area contributed by atoms with Crippen molar-refractivity contribution < 1.29 is 9.59 Å². The zero-order valence-electron chi connectivity index (χ0n) is 17.8. The van der Waals surface area contributed by atoms with E-state index < -0.39 is 11.8 Å². The van der Waals surface area contributed by atoms with Crippen LogP contribution in [0.25, 0.3) is 27.3 Å². The first-order valence-electron chi connectivity index (χ1n) is 10.1. The standard InChI is InChI=1S/C23H19N7O2S/c1-14-17-13-18(33-23(17)29(2)27-14)21(31)25-26-22(32)19-24-20(15-9-5-3-6-10-15)30(28-19)16-11-7-4-8-12-16/h3-13H,1-2H3,(H,25,31)(H,26,32). The molecule has 0 radical (unpaired) electrons. The zero-order valence-corrected chi connectivity index (χ0v) is 18.6. The van der Waals surface area contributed by atoms with E-state index in [1.807, 2.05) is 74.6 Å². The highest BCUT2D eigenvalue weighted by atomic mass is 32.1. The maximum atomic E-state index is 12.8. The second kappa shape index (κ2) is 8.32. The smallest absolute Gasteiger partial charge is 0.266 e. The number of aryl methyl sites for hydroxylation is 2. The van der Waals surface area contributed by atoms with Crippen LogP contribution in [-0.2, 0) is 7.05 Å². The van der Waals surface area contributed by atoms with Crippen molar-refractivity contribution in [3.63, 3.8) is 0 Å². The fraction of sp³-hybridized carbons (Fsp3) is 0.0870. The van der Waals surface area contributed by atoms with Crippen LogP contribution in [0.1, 0.15) is 26.0 Å². The monoisotopic (exact) mass is 457 g/mol. The number of hydrazine groups is 1. The van der Waals surface area contributed by atoms with Crippen LogP contribution in [-0.4, -0.2) is 36.4 Å². The van der Waals surface area contributed by atoms with Crippen molar-refractivity contribution in [3.8, 4) is 17.1 Å². The number of para-hydroxylation sites is 1. The van der Waals surface area contributed by atoms with Crippen molar-refractivity contribution in [2.24, 2.45) is 7.05 Å². The molecule has 2 amide bonds. The summed E-state index contributed by atoms with van der Waals surface area (Å²) >= 11 is 1.30. The Morgan fingerprint density at radius 2 is 1.58 bits per heavy atom. The molecule has 2 aromatic carbocycles. The maximum Gasteiger partial charge on any atom is 0.309 e. The lowest BCUT2D eigenvalue weighted by molar-refractivity contribution is 0.0843. The summed E-state index contributed by atoms with van der Waals surface area (Å²) in [6.07, 6.45) is 0. The van der Waals surface area contributed by atoms with Gasteiger partial charge in [0.05, 0.1) is 16.3 Å². The van der Waals surface area contributed by atoms with E-state index in [9.17, 15) is 9.59 Å². The first kappa shape index (κ1) is 20.6. The molecule has 0 aliphatic rings. The molecule has 0 atom stereocenters. The largest absolute Gasteiger partial charge is 0.309 e. The molecule has 0 saturated heterocycles. The Balaban J connectivity index is 1.38. The van der Waals surface area contributed by atoms with Gasteiger partial charge in [0.25, 0.3) is 5.91 Å². The molecule has 10 heteroatoms. The first-order valence-corrected chi connectivity index (χ1v) is 10.9. The van der Waals surface area contributed by atoms with Crippen LogP contribution >= 0.6 is 11.3 Å². The summed E-state index contributed by atoms with van der Waals surface area (Å²) < 4.78 is 3.34. The summed E-state index contributed by atoms with van der Waals surface area (Å²) in [6, 6.07) is 20.7. The topological polar surface area (TPSA) is 107 Å². The predicted octanol–water partition coefficient (Wildman–Crippen LogP) is 3.27. The quantitative estimate of drug-likeness (QED) is 0.403. The minimum Gasteiger partial charge on any atom is -0.266 e. The number of hydrogen-bond donors (Lipinski definition) is 2. The fourth-order valence-electron chi connectivity index (χ4n) is 3.48. The van der Waals surface area contributed by atoms with Crippen LogP contribution in [0.4, 0.5) is 0 Å². The fourth-order valence-corrected chi connectivity index (χ4v) is 4.50. The molecule has 0 aliphatic heterocycles. The zero-order chi connectivity index (χ0) is 22.9. The average molecular weight is 458 g/mol. The van der Waals surface area contributed by atoms with Gasteiger partial charge in [-0.1, -0.05) is 48.5 Å². The van der Waals surface area contributed by atoms with Crippen LogP contribution < -0.4 is 10.9 Å². The molecule has 3 heterocycles. The van der Waals surface area contributed by atoms with Gasteiger partial charge < -0.3 is 0 Å². The van der Waals surface area contributed by atoms with Crippen LogP contribution in [0.5, 0.6) is 0 Å². The van der Waals surface area contributed by atoms with E-state index in [1.165, 1.54) is 11.3 Å². The Hall–Kier alpha value is -4.31. The highest BCUT2D eigenvalue weighted by molar-refractivity contribution is 7.20. The number of carbonyl (C=O) groups is 2. The summed E-state index contributed by atoms with van der Waals surface area (Å²) in [5.74, 6) is -0.580. The molecule has 0 aliphatic carbocycles. The van der Waals surface area contributed by atoms with Gasteiger partial charge >= 0.3 is 5.91 Å². The maximum absolute atomic E-state index is 12.8. The second-order valence-corrected chi connectivity index (χ2v) is 8.35. The Morgan fingerprint density at radius 3 is 2.27 bits per heavy atom. The van der Waals surface area contributed by atoms with Gasteiger partial charge in [0.2, 0.25) is 5.82 Å². The molecule has 9 nitrogen and oxygen atoms in total. The van der Waals surface area contributed by atoms with E-state index in [-0.39, 0.29) is 5.82 Å². The molecule has 3 aromatic heterocycles. The lowest BCUT2D eigenvalue weighted by Crippen LogP contribution is -2.41. The number of amides is 2. The summed E-state index contributed by atoms with van der Waals surface area (Å²) in [5, 5.41) is 9.63. The number of thiophene rings is 1. The van der Waals surface area contributed by atoms with Gasteiger partial charge in [-0.3, -0.25) is 25.1 Å². The van der Waals surface area contributed by atoms with E-state index >= 15 is 0 Å². The molecular weight excluding hydrogens is 438 g/mol. The molecular formula is C23H19N7O2S. The molecule has 0 fully saturated rings. The van der Waals surface area contributed by atoms with E-state index in [0.29, 0.717) is 10.7 Å². The molecule has 0 spiro atoms. The summed E-state index contributed by atoms with van der Waals surface area (Å²) in [6.45, 7) is 1.89. The highest BCUT2D eigenvalue weighted by Crippen LogP contribution is 2.27. The summed E-state index contributed by atoms with van der Waals surface area (Å²) in [4.78, 5) is 31.2. The van der Waals surface area contributed by atoms with E-state index in [1.54, 1.807) is 15.4 Å². The van der Waals surface area contributed by atoms with Gasteiger partial charge in [-0.05, 0) is 25.1 Å². The number of benzene rings is 2. The Bertz CT molecular complexity index is 1380. The molecule has 0 bridgehead atoms. The molecule has 0 unspecified atom stereocenters. The second-order valence-electron chi connectivity index (χ2n) is 7.32. The Labute approximate surface area is 192 Å². The Kier molecular flexibility index (Phi) is 5.19. The van der Waals surface area contributed by atoms with Gasteiger partial charge in [0, 0.05) is 18.0 Å². The number of nitrogens with one attached hydrogen (secondary N) is 2. The van der Waals surface area contributed by atoms with Crippen molar-refractivity contribution in [1.82, 2.24) is 35.4 Å². The minimum atomic E-state index is -0.617. The first-order chi connectivity index (χ1) is 16.0. The van der Waals surface area contributed by atoms with Crippen molar-refractivity contribution >= 4 is 33.4 Å². The van der Waals surface area contributed by atoms with Crippen LogP contribution in [0.15, 0.2) is 66.7 Å². The predicted molar refractivity (Wildman–Crippen MR) is 125 cm³/mol. The van der Waals surface area contributed by atoms with Crippen molar-refractivity contribution in [3.05, 3.63) is 83.1 Å². The van der Waals surface area contributed by atoms with E-state index in [2.05, 4.69) is 26.0 Å². The van der Waals surface area contributed by atoms with Crippen molar-refractivity contribution in [2.75, 3.05) is 0 Å². The number of rotatable bonds is 4. The third-order valence-corrected chi connectivity index (χ3v) is 6.25. The number of aromatic nitrogens is 5. The van der Waals surface area contributed by atoms with Crippen LogP contribution in [0, 0.1) is 6.92 Å².